The van der Waals surface area contributed by atoms with Crippen LogP contribution < -0.4 is 5.32 Å². The molecule has 30 heavy (non-hydrogen) atoms. The molecular weight excluding hydrogens is 440 g/mol. The van der Waals surface area contributed by atoms with Gasteiger partial charge in [0.1, 0.15) is 6.04 Å². The molecule has 0 aliphatic carbocycles. The number of nitrogens with one attached hydrogen (secondary N) is 1. The average molecular weight is 463 g/mol. The molecule has 0 fully saturated rings. The number of carbonyl (C=O) groups excluding carboxylic acids is 2. The van der Waals surface area contributed by atoms with Crippen molar-refractivity contribution in [3.63, 3.8) is 0 Å². The van der Waals surface area contributed by atoms with E-state index in [9.17, 15) is 9.59 Å². The summed E-state index contributed by atoms with van der Waals surface area (Å²) in [4.78, 5) is 27.5. The molecule has 3 aromatic rings. The van der Waals surface area contributed by atoms with Crippen LogP contribution in [-0.2, 0) is 16.1 Å². The van der Waals surface area contributed by atoms with Crippen LogP contribution in [0.3, 0.4) is 0 Å². The van der Waals surface area contributed by atoms with E-state index in [1.807, 2.05) is 84.9 Å². The van der Waals surface area contributed by atoms with Crippen molar-refractivity contribution in [1.82, 2.24) is 10.2 Å². The Kier molecular flexibility index (Phi) is 7.57. The van der Waals surface area contributed by atoms with E-state index in [4.69, 9.17) is 0 Å². The number of benzene rings is 3. The summed E-state index contributed by atoms with van der Waals surface area (Å²) in [7, 11) is 1.64. The van der Waals surface area contributed by atoms with E-state index in [2.05, 4.69) is 21.2 Å². The van der Waals surface area contributed by atoms with Crippen molar-refractivity contribution in [2.75, 3.05) is 7.05 Å². The molecule has 4 nitrogen and oxygen atoms in total. The van der Waals surface area contributed by atoms with Crippen LogP contribution in [0.4, 0.5) is 0 Å². The lowest BCUT2D eigenvalue weighted by molar-refractivity contribution is -0.136. The van der Waals surface area contributed by atoms with Gasteiger partial charge in [-0.05, 0) is 28.8 Å². The molecule has 1 unspecified atom stereocenters. The van der Waals surface area contributed by atoms with Gasteiger partial charge in [-0.25, -0.2) is 0 Å². The molecule has 0 radical (unpaired) electrons. The summed E-state index contributed by atoms with van der Waals surface area (Å²) in [6.07, 6.45) is 3.24. The van der Waals surface area contributed by atoms with Gasteiger partial charge in [-0.3, -0.25) is 9.59 Å². The number of likely N-dealkylation sites (N-methyl/N-ethyl adjacent to an activating group) is 1. The first-order chi connectivity index (χ1) is 14.6. The van der Waals surface area contributed by atoms with Gasteiger partial charge in [0.15, 0.2) is 0 Å². The third kappa shape index (κ3) is 5.67. The third-order valence-corrected chi connectivity index (χ3v) is 5.43. The van der Waals surface area contributed by atoms with Crippen LogP contribution in [0.25, 0.3) is 6.08 Å². The van der Waals surface area contributed by atoms with Gasteiger partial charge in [0, 0.05) is 24.1 Å². The minimum Gasteiger partial charge on any atom is -0.350 e. The molecule has 152 valence electrons. The van der Waals surface area contributed by atoms with Crippen molar-refractivity contribution in [1.29, 1.82) is 0 Å². The van der Waals surface area contributed by atoms with E-state index in [1.165, 1.54) is 11.0 Å². The maximum absolute atomic E-state index is 13.1. The Balaban J connectivity index is 1.81. The number of nitrogens with zero attached hydrogens (tertiary/aromatic N) is 1. The van der Waals surface area contributed by atoms with E-state index in [0.717, 1.165) is 21.2 Å². The zero-order chi connectivity index (χ0) is 21.3. The Morgan fingerprint density at radius 2 is 1.53 bits per heavy atom. The molecule has 0 bridgehead atoms. The molecule has 3 aromatic carbocycles. The van der Waals surface area contributed by atoms with Gasteiger partial charge in [-0.15, -0.1) is 0 Å². The highest BCUT2D eigenvalue weighted by atomic mass is 79.9. The fourth-order valence-electron chi connectivity index (χ4n) is 3.08. The number of hydrogen-bond acceptors (Lipinski definition) is 2. The topological polar surface area (TPSA) is 49.4 Å². The molecule has 0 saturated heterocycles. The quantitative estimate of drug-likeness (QED) is 0.503. The minimum atomic E-state index is -0.766. The normalized spacial score (nSPS) is 11.8. The molecule has 1 atom stereocenters. The summed E-state index contributed by atoms with van der Waals surface area (Å²) in [6.45, 7) is 0.391. The Bertz CT molecular complexity index is 1020. The maximum Gasteiger partial charge on any atom is 0.247 e. The van der Waals surface area contributed by atoms with Crippen molar-refractivity contribution in [3.8, 4) is 0 Å². The molecule has 0 spiro atoms. The van der Waals surface area contributed by atoms with E-state index in [0.29, 0.717) is 6.54 Å². The van der Waals surface area contributed by atoms with Crippen molar-refractivity contribution in [2.45, 2.75) is 12.6 Å². The number of rotatable bonds is 7. The molecule has 3 rings (SSSR count). The van der Waals surface area contributed by atoms with Crippen LogP contribution in [0.5, 0.6) is 0 Å². The third-order valence-electron chi connectivity index (χ3n) is 4.71. The molecule has 0 saturated carbocycles. The lowest BCUT2D eigenvalue weighted by atomic mass is 10.0. The average Bonchev–Trinajstić information content (AvgIpc) is 2.79. The Hall–Kier alpha value is -3.18. The zero-order valence-electron chi connectivity index (χ0n) is 16.7. The van der Waals surface area contributed by atoms with Gasteiger partial charge < -0.3 is 10.2 Å². The molecular formula is C25H23BrN2O2. The van der Waals surface area contributed by atoms with Gasteiger partial charge in [-0.2, -0.15) is 0 Å². The maximum atomic E-state index is 13.1. The van der Waals surface area contributed by atoms with Gasteiger partial charge in [0.05, 0.1) is 0 Å². The van der Waals surface area contributed by atoms with Crippen molar-refractivity contribution in [3.05, 3.63) is 112 Å². The van der Waals surface area contributed by atoms with E-state index >= 15 is 0 Å². The minimum absolute atomic E-state index is 0.241. The first-order valence-corrected chi connectivity index (χ1v) is 10.4. The largest absolute Gasteiger partial charge is 0.350 e. The van der Waals surface area contributed by atoms with Crippen molar-refractivity contribution >= 4 is 33.8 Å². The van der Waals surface area contributed by atoms with Crippen molar-refractivity contribution in [2.24, 2.45) is 0 Å². The zero-order valence-corrected chi connectivity index (χ0v) is 18.2. The second kappa shape index (κ2) is 10.6. The summed E-state index contributed by atoms with van der Waals surface area (Å²) >= 11 is 3.52. The highest BCUT2D eigenvalue weighted by Gasteiger charge is 2.29. The number of carbonyl (C=O) groups is 2. The van der Waals surface area contributed by atoms with Crippen molar-refractivity contribution < 1.29 is 9.59 Å². The second-order valence-electron chi connectivity index (χ2n) is 6.82. The molecule has 1 N–H and O–H groups in total. The number of halogens is 1. The summed E-state index contributed by atoms with van der Waals surface area (Å²) in [6, 6.07) is 26.0. The second-order valence-corrected chi connectivity index (χ2v) is 7.67. The predicted octanol–water partition coefficient (Wildman–Crippen LogP) is 4.98. The lowest BCUT2D eigenvalue weighted by Crippen LogP contribution is -2.41. The Morgan fingerprint density at radius 3 is 2.20 bits per heavy atom. The van der Waals surface area contributed by atoms with Gasteiger partial charge in [0.2, 0.25) is 11.8 Å². The first-order valence-electron chi connectivity index (χ1n) is 9.62. The van der Waals surface area contributed by atoms with Crippen LogP contribution in [0, 0.1) is 0 Å². The van der Waals surface area contributed by atoms with Crippen LogP contribution in [-0.4, -0.2) is 23.8 Å². The van der Waals surface area contributed by atoms with Gasteiger partial charge in [-0.1, -0.05) is 94.8 Å². The highest BCUT2D eigenvalue weighted by molar-refractivity contribution is 9.10. The monoisotopic (exact) mass is 462 g/mol. The Morgan fingerprint density at radius 1 is 0.933 bits per heavy atom. The van der Waals surface area contributed by atoms with Crippen LogP contribution in [0.1, 0.15) is 22.7 Å². The van der Waals surface area contributed by atoms with E-state index in [-0.39, 0.29) is 11.8 Å². The van der Waals surface area contributed by atoms with Gasteiger partial charge >= 0.3 is 0 Å². The van der Waals surface area contributed by atoms with E-state index < -0.39 is 6.04 Å². The SMILES string of the molecule is CN(C(=O)/C=C/c1ccccc1)C(C(=O)NCc1ccccc1)c1ccccc1Br. The van der Waals surface area contributed by atoms with Crippen LogP contribution in [0.15, 0.2) is 95.5 Å². The molecule has 2 amide bonds. The number of hydrogen-bond donors (Lipinski definition) is 1. The summed E-state index contributed by atoms with van der Waals surface area (Å²) in [5, 5.41) is 2.96. The van der Waals surface area contributed by atoms with Crippen LogP contribution >= 0.6 is 15.9 Å². The molecule has 0 heterocycles. The number of amides is 2. The van der Waals surface area contributed by atoms with Gasteiger partial charge in [0.25, 0.3) is 0 Å². The summed E-state index contributed by atoms with van der Waals surface area (Å²) < 4.78 is 0.775. The summed E-state index contributed by atoms with van der Waals surface area (Å²) in [5.74, 6) is -0.496. The highest BCUT2D eigenvalue weighted by Crippen LogP contribution is 2.28. The summed E-state index contributed by atoms with van der Waals surface area (Å²) in [5.41, 5.74) is 2.65. The fraction of sp³-hybridized carbons (Fsp3) is 0.120. The van der Waals surface area contributed by atoms with E-state index in [1.54, 1.807) is 13.1 Å². The first kappa shape index (κ1) is 21.5. The standard InChI is InChI=1S/C25H23BrN2O2/c1-28(23(29)17-16-19-10-4-2-5-11-19)24(21-14-8-9-15-22(21)26)25(30)27-18-20-12-6-3-7-13-20/h2-17,24H,18H2,1H3,(H,27,30)/b17-16+. The predicted molar refractivity (Wildman–Crippen MR) is 123 cm³/mol. The molecule has 0 aliphatic rings. The fourth-order valence-corrected chi connectivity index (χ4v) is 3.58. The Labute approximate surface area is 185 Å². The lowest BCUT2D eigenvalue weighted by Gasteiger charge is -2.27. The molecule has 0 aromatic heterocycles. The molecule has 5 heteroatoms. The van der Waals surface area contributed by atoms with Crippen LogP contribution in [0.2, 0.25) is 0 Å². The molecule has 0 aliphatic heterocycles. The smallest absolute Gasteiger partial charge is 0.247 e.